The summed E-state index contributed by atoms with van der Waals surface area (Å²) in [6.45, 7) is 1.49. The second-order valence-corrected chi connectivity index (χ2v) is 10.1. The highest BCUT2D eigenvalue weighted by Crippen LogP contribution is 2.37. The van der Waals surface area contributed by atoms with Crippen molar-refractivity contribution in [1.82, 2.24) is 15.4 Å². The summed E-state index contributed by atoms with van der Waals surface area (Å²) < 4.78 is 53.5. The maximum atomic E-state index is 13.9. The van der Waals surface area contributed by atoms with Crippen LogP contribution in [0.4, 0.5) is 26.1 Å². The van der Waals surface area contributed by atoms with Crippen molar-refractivity contribution in [2.45, 2.75) is 43.8 Å². The minimum Gasteiger partial charge on any atom is -0.393 e. The fourth-order valence-electron chi connectivity index (χ4n) is 3.41. The van der Waals surface area contributed by atoms with E-state index in [1.54, 1.807) is 19.2 Å². The average molecular weight is 489 g/mol. The highest BCUT2D eigenvalue weighted by atomic mass is 35.5. The van der Waals surface area contributed by atoms with Crippen molar-refractivity contribution in [1.29, 1.82) is 0 Å². The Kier molecular flexibility index (Phi) is 7.41. The Morgan fingerprint density at radius 3 is 2.62 bits per heavy atom. The number of nitrogen functional groups attached to an aromatic ring is 1. The van der Waals surface area contributed by atoms with Crippen molar-refractivity contribution in [3.05, 3.63) is 34.9 Å². The van der Waals surface area contributed by atoms with E-state index in [-0.39, 0.29) is 42.6 Å². The molecule has 1 aromatic heterocycles. The number of hydrogen-bond donors (Lipinski definition) is 2. The Hall–Kier alpha value is -2.24. The van der Waals surface area contributed by atoms with E-state index in [9.17, 15) is 17.2 Å². The van der Waals surface area contributed by atoms with Gasteiger partial charge >= 0.3 is 0 Å². The maximum Gasteiger partial charge on any atom is 0.266 e. The summed E-state index contributed by atoms with van der Waals surface area (Å²) in [5, 5.41) is 1.60. The number of nitrogens with two attached hydrogens (primary N) is 1. The topological polar surface area (TPSA) is 104 Å². The third-order valence-corrected chi connectivity index (χ3v) is 7.14. The van der Waals surface area contributed by atoms with E-state index >= 15 is 0 Å². The number of benzene rings is 1. The van der Waals surface area contributed by atoms with Gasteiger partial charge in [0.05, 0.1) is 18.8 Å². The van der Waals surface area contributed by atoms with Gasteiger partial charge in [-0.05, 0) is 18.1 Å². The number of sulfone groups is 1. The molecule has 3 N–H and O–H groups in total. The monoisotopic (exact) mass is 488 g/mol. The lowest BCUT2D eigenvalue weighted by Gasteiger charge is -2.27. The number of hydrogen-bond acceptors (Lipinski definition) is 8. The molecule has 1 fully saturated rings. The number of hydrazine groups is 1. The van der Waals surface area contributed by atoms with E-state index in [0.29, 0.717) is 17.9 Å². The number of alkyl halides is 2. The zero-order valence-electron chi connectivity index (χ0n) is 18.0. The van der Waals surface area contributed by atoms with E-state index < -0.39 is 27.5 Å². The van der Waals surface area contributed by atoms with Crippen molar-refractivity contribution >= 4 is 38.8 Å². The van der Waals surface area contributed by atoms with Gasteiger partial charge in [0.1, 0.15) is 5.69 Å². The van der Waals surface area contributed by atoms with Crippen molar-refractivity contribution in [3.8, 4) is 0 Å². The van der Waals surface area contributed by atoms with Gasteiger partial charge in [0.2, 0.25) is 9.84 Å². The van der Waals surface area contributed by atoms with E-state index in [0.717, 1.165) is 5.56 Å². The molecule has 1 saturated heterocycles. The fraction of sp³-hybridized carbons (Fsp3) is 0.500. The molecule has 0 spiro atoms. The lowest BCUT2D eigenvalue weighted by molar-refractivity contribution is 0.0257. The van der Waals surface area contributed by atoms with E-state index in [4.69, 9.17) is 17.3 Å². The minimum absolute atomic E-state index is 0.00612. The molecule has 0 aliphatic carbocycles. The molecule has 3 rings (SSSR count). The predicted octanol–water partition coefficient (Wildman–Crippen LogP) is 3.27. The normalized spacial score (nSPS) is 15.8. The second kappa shape index (κ2) is 9.72. The van der Waals surface area contributed by atoms with Gasteiger partial charge in [-0.3, -0.25) is 5.01 Å². The van der Waals surface area contributed by atoms with Gasteiger partial charge in [-0.25, -0.2) is 22.6 Å². The summed E-state index contributed by atoms with van der Waals surface area (Å²) in [7, 11) is -2.22. The number of nitrogens with one attached hydrogen (secondary N) is 1. The molecule has 0 unspecified atom stereocenters. The minimum atomic E-state index is -3.84. The number of nitrogens with zero attached hydrogens (tertiary/aromatic N) is 4. The molecule has 32 heavy (non-hydrogen) atoms. The number of anilines is 3. The number of halogens is 3. The van der Waals surface area contributed by atoms with Crippen molar-refractivity contribution < 1.29 is 17.2 Å². The maximum absolute atomic E-state index is 13.9. The number of aromatic nitrogens is 2. The molecular weight excluding hydrogens is 462 g/mol. The van der Waals surface area contributed by atoms with Crippen molar-refractivity contribution in [2.75, 3.05) is 41.5 Å². The summed E-state index contributed by atoms with van der Waals surface area (Å²) in [5.74, 6) is -2.98. The quantitative estimate of drug-likeness (QED) is 0.409. The third kappa shape index (κ3) is 5.38. The Balaban J connectivity index is 2.10. The van der Waals surface area contributed by atoms with Gasteiger partial charge in [0, 0.05) is 25.0 Å². The zero-order valence-corrected chi connectivity index (χ0v) is 19.6. The van der Waals surface area contributed by atoms with Crippen LogP contribution in [0.2, 0.25) is 5.02 Å². The van der Waals surface area contributed by atoms with Crippen LogP contribution in [0.15, 0.2) is 29.4 Å². The SMILES string of the molecule is CCCCS(=O)(=O)c1nc(N2CCC(F)(F)C2)c(N)c(N(Cc2ccccc2Cl)NC)n1. The van der Waals surface area contributed by atoms with Crippen LogP contribution < -0.4 is 21.1 Å². The molecule has 12 heteroatoms. The highest BCUT2D eigenvalue weighted by Gasteiger charge is 2.40. The molecule has 0 bridgehead atoms. The van der Waals surface area contributed by atoms with Crippen molar-refractivity contribution in [3.63, 3.8) is 0 Å². The molecule has 176 valence electrons. The first-order valence-corrected chi connectivity index (χ1v) is 12.3. The summed E-state index contributed by atoms with van der Waals surface area (Å²) in [6, 6.07) is 7.15. The Bertz CT molecular complexity index is 1070. The number of unbranched alkanes of at least 4 members (excludes halogenated alkanes) is 1. The summed E-state index contributed by atoms with van der Waals surface area (Å²) >= 11 is 6.27. The molecule has 2 heterocycles. The molecule has 1 aromatic carbocycles. The van der Waals surface area contributed by atoms with Gasteiger partial charge in [0.25, 0.3) is 11.1 Å². The van der Waals surface area contributed by atoms with E-state index in [1.807, 2.05) is 19.1 Å². The number of rotatable bonds is 9. The van der Waals surface area contributed by atoms with Crippen LogP contribution in [0.3, 0.4) is 0 Å². The first kappa shape index (κ1) is 24.4. The van der Waals surface area contributed by atoms with Crippen LogP contribution in [-0.2, 0) is 16.4 Å². The van der Waals surface area contributed by atoms with Gasteiger partial charge in [-0.1, -0.05) is 43.1 Å². The Morgan fingerprint density at radius 1 is 1.31 bits per heavy atom. The smallest absolute Gasteiger partial charge is 0.266 e. The largest absolute Gasteiger partial charge is 0.393 e. The first-order chi connectivity index (χ1) is 15.1. The lowest BCUT2D eigenvalue weighted by Crippen LogP contribution is -2.37. The summed E-state index contributed by atoms with van der Waals surface area (Å²) in [5.41, 5.74) is 10.00. The fourth-order valence-corrected chi connectivity index (χ4v) is 4.91. The predicted molar refractivity (Wildman–Crippen MR) is 122 cm³/mol. The second-order valence-electron chi connectivity index (χ2n) is 7.67. The van der Waals surface area contributed by atoms with Gasteiger partial charge in [-0.2, -0.15) is 9.97 Å². The molecule has 1 aliphatic rings. The first-order valence-electron chi connectivity index (χ1n) is 10.3. The van der Waals surface area contributed by atoms with Gasteiger partial charge in [0.15, 0.2) is 11.6 Å². The third-order valence-electron chi connectivity index (χ3n) is 5.21. The van der Waals surface area contributed by atoms with Crippen LogP contribution in [-0.4, -0.2) is 50.2 Å². The van der Waals surface area contributed by atoms with Gasteiger partial charge in [-0.15, -0.1) is 0 Å². The van der Waals surface area contributed by atoms with Crippen LogP contribution >= 0.6 is 11.6 Å². The molecule has 1 aliphatic heterocycles. The van der Waals surface area contributed by atoms with Crippen molar-refractivity contribution in [2.24, 2.45) is 0 Å². The van der Waals surface area contributed by atoms with Crippen LogP contribution in [0.25, 0.3) is 0 Å². The summed E-state index contributed by atoms with van der Waals surface area (Å²) in [4.78, 5) is 9.69. The van der Waals surface area contributed by atoms with Crippen LogP contribution in [0, 0.1) is 0 Å². The summed E-state index contributed by atoms with van der Waals surface area (Å²) in [6.07, 6.45) is 0.734. The molecule has 8 nitrogen and oxygen atoms in total. The standard InChI is InChI=1S/C20H27ClF2N6O2S/c1-3-4-11-32(30,31)19-26-17(28-10-9-20(22,23)13-28)16(24)18(27-19)29(25-2)12-14-7-5-6-8-15(14)21/h5-8,25H,3-4,9-13,24H2,1-2H3. The molecule has 0 atom stereocenters. The van der Waals surface area contributed by atoms with E-state index in [2.05, 4.69) is 15.4 Å². The Labute approximate surface area is 191 Å². The molecule has 0 radical (unpaired) electrons. The Morgan fingerprint density at radius 2 is 2.03 bits per heavy atom. The molecule has 0 amide bonds. The molecular formula is C20H27ClF2N6O2S. The van der Waals surface area contributed by atoms with Crippen LogP contribution in [0.5, 0.6) is 0 Å². The lowest BCUT2D eigenvalue weighted by atomic mass is 10.2. The van der Waals surface area contributed by atoms with Gasteiger partial charge < -0.3 is 10.6 Å². The van der Waals surface area contributed by atoms with E-state index in [1.165, 1.54) is 9.91 Å². The molecule has 2 aromatic rings. The average Bonchev–Trinajstić information content (AvgIpc) is 3.11. The van der Waals surface area contributed by atoms with Crippen LogP contribution in [0.1, 0.15) is 31.7 Å². The zero-order chi connectivity index (χ0) is 23.5. The highest BCUT2D eigenvalue weighted by molar-refractivity contribution is 7.91. The molecule has 0 saturated carbocycles.